The number of carbonyl (C=O) groups is 1. The fourth-order valence-corrected chi connectivity index (χ4v) is 1.56. The number of nitrogens with one attached hydrogen (secondary N) is 1. The number of carbonyl (C=O) groups excluding carboxylic acids is 1. The highest BCUT2D eigenvalue weighted by atomic mass is 35.5. The van der Waals surface area contributed by atoms with Crippen LogP contribution in [0.4, 0.5) is 11.4 Å². The summed E-state index contributed by atoms with van der Waals surface area (Å²) in [6.07, 6.45) is -0.136. The topological polar surface area (TPSA) is 73.6 Å². The van der Waals surface area contributed by atoms with Crippen LogP contribution in [0, 0.1) is 0 Å². The van der Waals surface area contributed by atoms with E-state index in [0.29, 0.717) is 23.0 Å². The Kier molecular flexibility index (Phi) is 5.91. The van der Waals surface area contributed by atoms with Crippen molar-refractivity contribution in [2.75, 3.05) is 31.4 Å². The second kappa shape index (κ2) is 7.20. The Morgan fingerprint density at radius 2 is 2.28 bits per heavy atom. The van der Waals surface area contributed by atoms with E-state index >= 15 is 0 Å². The Balaban J connectivity index is 2.44. The lowest BCUT2D eigenvalue weighted by Crippen LogP contribution is -2.24. The Morgan fingerprint density at radius 1 is 1.56 bits per heavy atom. The molecule has 0 heterocycles. The van der Waals surface area contributed by atoms with Crippen molar-refractivity contribution >= 4 is 28.9 Å². The van der Waals surface area contributed by atoms with E-state index in [1.807, 2.05) is 6.92 Å². The van der Waals surface area contributed by atoms with Crippen LogP contribution in [0.15, 0.2) is 18.2 Å². The van der Waals surface area contributed by atoms with Gasteiger partial charge in [0.15, 0.2) is 0 Å². The SMILES string of the molecule is COCC(C)OCC(=O)Nc1ccc(N)cc1Cl. The van der Waals surface area contributed by atoms with Crippen LogP contribution in [0.3, 0.4) is 0 Å². The van der Waals surface area contributed by atoms with Crippen molar-refractivity contribution in [3.05, 3.63) is 23.2 Å². The van der Waals surface area contributed by atoms with Crippen molar-refractivity contribution in [1.29, 1.82) is 0 Å². The van der Waals surface area contributed by atoms with Crippen LogP contribution in [0.2, 0.25) is 5.02 Å². The Labute approximate surface area is 111 Å². The summed E-state index contributed by atoms with van der Waals surface area (Å²) in [6, 6.07) is 4.88. The minimum Gasteiger partial charge on any atom is -0.399 e. The number of rotatable bonds is 6. The van der Waals surface area contributed by atoms with Crippen LogP contribution in [0.25, 0.3) is 0 Å². The first kappa shape index (κ1) is 14.8. The summed E-state index contributed by atoms with van der Waals surface area (Å²) in [5.41, 5.74) is 6.61. The van der Waals surface area contributed by atoms with Crippen molar-refractivity contribution in [3.63, 3.8) is 0 Å². The Hall–Kier alpha value is -1.30. The third kappa shape index (κ3) is 4.91. The molecule has 0 aliphatic heterocycles. The summed E-state index contributed by atoms with van der Waals surface area (Å²) in [5, 5.41) is 3.04. The van der Waals surface area contributed by atoms with E-state index in [1.165, 1.54) is 0 Å². The lowest BCUT2D eigenvalue weighted by Gasteiger charge is -2.12. The van der Waals surface area contributed by atoms with Crippen LogP contribution in [0.1, 0.15) is 6.92 Å². The summed E-state index contributed by atoms with van der Waals surface area (Å²) in [4.78, 5) is 11.6. The van der Waals surface area contributed by atoms with E-state index in [1.54, 1.807) is 25.3 Å². The molecule has 0 aliphatic carbocycles. The van der Waals surface area contributed by atoms with Gasteiger partial charge in [-0.15, -0.1) is 0 Å². The quantitative estimate of drug-likeness (QED) is 0.776. The van der Waals surface area contributed by atoms with Gasteiger partial charge >= 0.3 is 0 Å². The first-order valence-corrected chi connectivity index (χ1v) is 5.86. The van der Waals surface area contributed by atoms with E-state index in [2.05, 4.69) is 5.32 Å². The molecule has 0 fully saturated rings. The van der Waals surface area contributed by atoms with E-state index < -0.39 is 0 Å². The number of hydrogen-bond acceptors (Lipinski definition) is 4. The maximum Gasteiger partial charge on any atom is 0.250 e. The lowest BCUT2D eigenvalue weighted by molar-refractivity contribution is -0.123. The smallest absolute Gasteiger partial charge is 0.250 e. The summed E-state index contributed by atoms with van der Waals surface area (Å²) >= 11 is 5.93. The van der Waals surface area contributed by atoms with Crippen LogP contribution >= 0.6 is 11.6 Å². The van der Waals surface area contributed by atoms with Gasteiger partial charge in [-0.1, -0.05) is 11.6 Å². The molecule has 3 N–H and O–H groups in total. The molecule has 1 atom stereocenters. The summed E-state index contributed by atoms with van der Waals surface area (Å²) < 4.78 is 10.2. The second-order valence-electron chi connectivity index (χ2n) is 3.86. The highest BCUT2D eigenvalue weighted by Crippen LogP contribution is 2.23. The van der Waals surface area contributed by atoms with Crippen molar-refractivity contribution in [1.82, 2.24) is 0 Å². The van der Waals surface area contributed by atoms with Crippen molar-refractivity contribution in [3.8, 4) is 0 Å². The number of nitrogens with two attached hydrogens (primary N) is 1. The van der Waals surface area contributed by atoms with Gasteiger partial charge in [-0.25, -0.2) is 0 Å². The number of nitrogen functional groups attached to an aromatic ring is 1. The average molecular weight is 273 g/mol. The maximum atomic E-state index is 11.6. The molecular weight excluding hydrogens is 256 g/mol. The molecule has 1 rings (SSSR count). The standard InChI is InChI=1S/C12H17ClN2O3/c1-8(6-17-2)18-7-12(16)15-11-4-3-9(14)5-10(11)13/h3-5,8H,6-7,14H2,1-2H3,(H,15,16). The number of benzene rings is 1. The highest BCUT2D eigenvalue weighted by molar-refractivity contribution is 6.34. The van der Waals surface area contributed by atoms with Gasteiger partial charge in [0.2, 0.25) is 5.91 Å². The van der Waals surface area contributed by atoms with Gasteiger partial charge in [-0.3, -0.25) is 4.79 Å². The number of amides is 1. The first-order valence-electron chi connectivity index (χ1n) is 5.48. The van der Waals surface area contributed by atoms with E-state index in [9.17, 15) is 4.79 Å². The van der Waals surface area contributed by atoms with E-state index in [4.69, 9.17) is 26.8 Å². The van der Waals surface area contributed by atoms with Crippen LogP contribution in [-0.2, 0) is 14.3 Å². The van der Waals surface area contributed by atoms with Gasteiger partial charge in [0.25, 0.3) is 0 Å². The van der Waals surface area contributed by atoms with E-state index in [-0.39, 0.29) is 18.6 Å². The number of methoxy groups -OCH3 is 1. The van der Waals surface area contributed by atoms with Crippen LogP contribution in [0.5, 0.6) is 0 Å². The predicted octanol–water partition coefficient (Wildman–Crippen LogP) is 1.91. The second-order valence-corrected chi connectivity index (χ2v) is 4.27. The molecule has 1 aromatic rings. The van der Waals surface area contributed by atoms with Crippen LogP contribution in [-0.4, -0.2) is 32.3 Å². The van der Waals surface area contributed by atoms with Gasteiger partial charge < -0.3 is 20.5 Å². The minimum atomic E-state index is -0.273. The zero-order valence-electron chi connectivity index (χ0n) is 10.4. The van der Waals surface area contributed by atoms with Gasteiger partial charge in [-0.2, -0.15) is 0 Å². The molecule has 0 aliphatic rings. The summed E-state index contributed by atoms with van der Waals surface area (Å²) in [7, 11) is 1.58. The molecule has 0 bridgehead atoms. The molecule has 0 spiro atoms. The number of halogens is 1. The third-order valence-corrected chi connectivity index (χ3v) is 2.48. The zero-order valence-corrected chi connectivity index (χ0v) is 11.2. The van der Waals surface area contributed by atoms with Crippen molar-refractivity contribution < 1.29 is 14.3 Å². The number of ether oxygens (including phenoxy) is 2. The molecule has 1 unspecified atom stereocenters. The fourth-order valence-electron chi connectivity index (χ4n) is 1.32. The molecule has 0 aromatic heterocycles. The van der Waals surface area contributed by atoms with Gasteiger partial charge in [-0.05, 0) is 25.1 Å². The number of hydrogen-bond donors (Lipinski definition) is 2. The third-order valence-electron chi connectivity index (χ3n) is 2.17. The van der Waals surface area contributed by atoms with Crippen molar-refractivity contribution in [2.45, 2.75) is 13.0 Å². The van der Waals surface area contributed by atoms with Gasteiger partial charge in [0, 0.05) is 12.8 Å². The molecule has 18 heavy (non-hydrogen) atoms. The largest absolute Gasteiger partial charge is 0.399 e. The van der Waals surface area contributed by atoms with E-state index in [0.717, 1.165) is 0 Å². The molecule has 100 valence electrons. The minimum absolute atomic E-state index is 0.0504. The van der Waals surface area contributed by atoms with Crippen LogP contribution < -0.4 is 11.1 Å². The highest BCUT2D eigenvalue weighted by Gasteiger charge is 2.08. The normalized spacial score (nSPS) is 12.2. The molecule has 0 radical (unpaired) electrons. The molecule has 1 amide bonds. The zero-order chi connectivity index (χ0) is 13.5. The lowest BCUT2D eigenvalue weighted by atomic mass is 10.3. The molecule has 0 saturated heterocycles. The average Bonchev–Trinajstić information content (AvgIpc) is 2.31. The molecule has 5 nitrogen and oxygen atoms in total. The monoisotopic (exact) mass is 272 g/mol. The Bertz CT molecular complexity index is 412. The first-order chi connectivity index (χ1) is 8.52. The Morgan fingerprint density at radius 3 is 2.89 bits per heavy atom. The maximum absolute atomic E-state index is 11.6. The molecule has 0 saturated carbocycles. The number of anilines is 2. The van der Waals surface area contributed by atoms with Gasteiger partial charge in [0.05, 0.1) is 23.4 Å². The van der Waals surface area contributed by atoms with Gasteiger partial charge in [0.1, 0.15) is 6.61 Å². The van der Waals surface area contributed by atoms with Crippen molar-refractivity contribution in [2.24, 2.45) is 0 Å². The summed E-state index contributed by atoms with van der Waals surface area (Å²) in [6.45, 7) is 2.22. The molecule has 6 heteroatoms. The fraction of sp³-hybridized carbons (Fsp3) is 0.417. The molecular formula is C12H17ClN2O3. The molecule has 1 aromatic carbocycles. The summed E-state index contributed by atoms with van der Waals surface area (Å²) in [5.74, 6) is -0.273. The predicted molar refractivity (Wildman–Crippen MR) is 71.8 cm³/mol.